The Balaban J connectivity index is 1.84. The van der Waals surface area contributed by atoms with E-state index in [-0.39, 0.29) is 18.9 Å². The van der Waals surface area contributed by atoms with E-state index in [1.807, 2.05) is 6.07 Å². The van der Waals surface area contributed by atoms with Gasteiger partial charge in [-0.15, -0.1) is 11.3 Å². The molecule has 1 aromatic rings. The van der Waals surface area contributed by atoms with Gasteiger partial charge in [0.25, 0.3) is 5.91 Å². The Morgan fingerprint density at radius 2 is 2.05 bits per heavy atom. The lowest BCUT2D eigenvalue weighted by atomic mass is 9.99. The van der Waals surface area contributed by atoms with Crippen molar-refractivity contribution in [3.05, 3.63) is 21.4 Å². The molecule has 0 saturated carbocycles. The zero-order chi connectivity index (χ0) is 14.3. The van der Waals surface area contributed by atoms with Gasteiger partial charge in [-0.25, -0.2) is 4.79 Å². The summed E-state index contributed by atoms with van der Waals surface area (Å²) in [5.74, 6) is -1.30. The van der Waals surface area contributed by atoms with Crippen LogP contribution in [0.2, 0.25) is 0 Å². The van der Waals surface area contributed by atoms with Crippen LogP contribution in [0.1, 0.15) is 39.4 Å². The molecule has 3 rings (SSSR count). The van der Waals surface area contributed by atoms with Gasteiger partial charge in [0.05, 0.1) is 11.0 Å². The minimum Gasteiger partial charge on any atom is -0.480 e. The molecule has 0 bridgehead atoms. The number of carbonyl (C=O) groups is 2. The van der Waals surface area contributed by atoms with Crippen LogP contribution in [0.4, 0.5) is 0 Å². The number of aliphatic hydroxyl groups is 1. The fraction of sp³-hybridized carbons (Fsp3) is 0.571. The summed E-state index contributed by atoms with van der Waals surface area (Å²) in [6.45, 7) is 0.109. The molecule has 0 unspecified atom stereocenters. The number of aryl methyl sites for hydroxylation is 2. The van der Waals surface area contributed by atoms with Crippen molar-refractivity contribution in [3.8, 4) is 0 Å². The molecule has 0 radical (unpaired) electrons. The maximum absolute atomic E-state index is 12.5. The number of carbonyl (C=O) groups excluding carboxylic acids is 1. The summed E-state index contributed by atoms with van der Waals surface area (Å²) in [7, 11) is 0. The van der Waals surface area contributed by atoms with Gasteiger partial charge >= 0.3 is 5.97 Å². The summed E-state index contributed by atoms with van der Waals surface area (Å²) < 4.78 is 0. The molecule has 1 aliphatic heterocycles. The fourth-order valence-electron chi connectivity index (χ4n) is 3.01. The van der Waals surface area contributed by atoms with Crippen molar-refractivity contribution in [1.82, 2.24) is 4.90 Å². The Hall–Kier alpha value is -1.40. The van der Waals surface area contributed by atoms with E-state index in [4.69, 9.17) is 5.11 Å². The van der Waals surface area contributed by atoms with Gasteiger partial charge in [0, 0.05) is 17.8 Å². The number of carboxylic acid groups (broad SMARTS) is 1. The van der Waals surface area contributed by atoms with Crippen molar-refractivity contribution < 1.29 is 19.8 Å². The van der Waals surface area contributed by atoms with E-state index in [0.717, 1.165) is 25.7 Å². The van der Waals surface area contributed by atoms with Gasteiger partial charge in [0.15, 0.2) is 0 Å². The molecule has 1 amide bonds. The first kappa shape index (κ1) is 13.6. The summed E-state index contributed by atoms with van der Waals surface area (Å²) in [5, 5.41) is 18.8. The van der Waals surface area contributed by atoms with E-state index < -0.39 is 18.1 Å². The van der Waals surface area contributed by atoms with Gasteiger partial charge in [0.2, 0.25) is 0 Å². The third kappa shape index (κ3) is 2.33. The van der Waals surface area contributed by atoms with Gasteiger partial charge in [-0.05, 0) is 37.3 Å². The Bertz CT molecular complexity index is 530. The van der Waals surface area contributed by atoms with Crippen LogP contribution in [0.25, 0.3) is 0 Å². The molecular weight excluding hydrogens is 278 g/mol. The van der Waals surface area contributed by atoms with Crippen LogP contribution >= 0.6 is 11.3 Å². The van der Waals surface area contributed by atoms with Crippen LogP contribution < -0.4 is 0 Å². The van der Waals surface area contributed by atoms with Crippen LogP contribution in [0.3, 0.4) is 0 Å². The number of hydrogen-bond donors (Lipinski definition) is 2. The Morgan fingerprint density at radius 3 is 2.75 bits per heavy atom. The quantitative estimate of drug-likeness (QED) is 0.862. The van der Waals surface area contributed by atoms with Gasteiger partial charge in [-0.1, -0.05) is 0 Å². The molecule has 2 N–H and O–H groups in total. The lowest BCUT2D eigenvalue weighted by Crippen LogP contribution is -2.40. The summed E-state index contributed by atoms with van der Waals surface area (Å²) >= 11 is 1.48. The lowest BCUT2D eigenvalue weighted by molar-refractivity contribution is -0.141. The molecule has 2 heterocycles. The van der Waals surface area contributed by atoms with E-state index in [1.54, 1.807) is 0 Å². The zero-order valence-corrected chi connectivity index (χ0v) is 11.9. The summed E-state index contributed by atoms with van der Waals surface area (Å²) in [4.78, 5) is 26.8. The Kier molecular flexibility index (Phi) is 3.52. The highest BCUT2D eigenvalue weighted by Gasteiger charge is 2.39. The minimum atomic E-state index is -1.05. The standard InChI is InChI=1S/C14H17NO4S/c16-9-6-10(14(18)19)15(7-9)13(17)12-5-8-3-1-2-4-11(8)20-12/h5,9-10,16H,1-4,6-7H2,(H,18,19)/t9-,10+/m1/s1. The predicted molar refractivity (Wildman–Crippen MR) is 74.0 cm³/mol. The van der Waals surface area contributed by atoms with Crippen LogP contribution in [0.5, 0.6) is 0 Å². The lowest BCUT2D eigenvalue weighted by Gasteiger charge is -2.20. The molecule has 0 spiro atoms. The van der Waals surface area contributed by atoms with Gasteiger partial charge in [-0.3, -0.25) is 4.79 Å². The average Bonchev–Trinajstić information content (AvgIpc) is 3.01. The number of carboxylic acids is 1. The highest BCUT2D eigenvalue weighted by molar-refractivity contribution is 7.14. The number of β-amino-alcohol motifs (C(OH)–C–C–N with tert-alkyl or cyclic N) is 1. The number of aliphatic hydroxyl groups excluding tert-OH is 1. The van der Waals surface area contributed by atoms with E-state index in [2.05, 4.69) is 0 Å². The SMILES string of the molecule is O=C(O)[C@@H]1C[C@@H](O)CN1C(=O)c1cc2c(s1)CCCC2. The second-order valence-electron chi connectivity index (χ2n) is 5.47. The van der Waals surface area contributed by atoms with Crippen LogP contribution in [-0.4, -0.2) is 45.7 Å². The van der Waals surface area contributed by atoms with Crippen LogP contribution in [0, 0.1) is 0 Å². The zero-order valence-electron chi connectivity index (χ0n) is 11.0. The summed E-state index contributed by atoms with van der Waals surface area (Å²) in [6, 6.07) is 1.00. The maximum atomic E-state index is 12.5. The van der Waals surface area contributed by atoms with Crippen LogP contribution in [-0.2, 0) is 17.6 Å². The highest BCUT2D eigenvalue weighted by atomic mass is 32.1. The first-order valence-corrected chi connectivity index (χ1v) is 7.71. The third-order valence-electron chi connectivity index (χ3n) is 4.03. The predicted octanol–water partition coefficient (Wildman–Crippen LogP) is 1.29. The normalized spacial score (nSPS) is 25.6. The number of fused-ring (bicyclic) bond motifs is 1. The molecule has 5 nitrogen and oxygen atoms in total. The first-order chi connectivity index (χ1) is 9.56. The molecule has 1 saturated heterocycles. The highest BCUT2D eigenvalue weighted by Crippen LogP contribution is 2.31. The molecule has 1 aliphatic carbocycles. The van der Waals surface area contributed by atoms with Crippen molar-refractivity contribution in [2.45, 2.75) is 44.2 Å². The number of likely N-dealkylation sites (tertiary alicyclic amines) is 1. The number of nitrogens with zero attached hydrogens (tertiary/aromatic N) is 1. The van der Waals surface area contributed by atoms with Gasteiger partial charge in [0.1, 0.15) is 6.04 Å². The molecular formula is C14H17NO4S. The van der Waals surface area contributed by atoms with Crippen molar-refractivity contribution >= 4 is 23.2 Å². The molecule has 1 fully saturated rings. The Morgan fingerprint density at radius 1 is 1.30 bits per heavy atom. The van der Waals surface area contributed by atoms with Gasteiger partial charge < -0.3 is 15.1 Å². The maximum Gasteiger partial charge on any atom is 0.326 e. The van der Waals surface area contributed by atoms with Crippen molar-refractivity contribution in [2.75, 3.05) is 6.54 Å². The molecule has 20 heavy (non-hydrogen) atoms. The first-order valence-electron chi connectivity index (χ1n) is 6.89. The third-order valence-corrected chi connectivity index (χ3v) is 5.26. The number of hydrogen-bond acceptors (Lipinski definition) is 4. The number of aliphatic carboxylic acids is 1. The van der Waals surface area contributed by atoms with E-state index in [0.29, 0.717) is 4.88 Å². The van der Waals surface area contributed by atoms with Gasteiger partial charge in [-0.2, -0.15) is 0 Å². The molecule has 2 atom stereocenters. The number of amides is 1. The smallest absolute Gasteiger partial charge is 0.326 e. The van der Waals surface area contributed by atoms with Crippen molar-refractivity contribution in [3.63, 3.8) is 0 Å². The van der Waals surface area contributed by atoms with Crippen LogP contribution in [0.15, 0.2) is 6.07 Å². The molecule has 108 valence electrons. The molecule has 6 heteroatoms. The largest absolute Gasteiger partial charge is 0.480 e. The monoisotopic (exact) mass is 295 g/mol. The van der Waals surface area contributed by atoms with Crippen molar-refractivity contribution in [2.24, 2.45) is 0 Å². The van der Waals surface area contributed by atoms with Crippen molar-refractivity contribution in [1.29, 1.82) is 0 Å². The topological polar surface area (TPSA) is 77.8 Å². The molecule has 1 aromatic heterocycles. The summed E-state index contributed by atoms with van der Waals surface area (Å²) in [5.41, 5.74) is 1.23. The number of rotatable bonds is 2. The average molecular weight is 295 g/mol. The fourth-order valence-corrected chi connectivity index (χ4v) is 4.22. The minimum absolute atomic E-state index is 0.109. The van der Waals surface area contributed by atoms with E-state index >= 15 is 0 Å². The second kappa shape index (κ2) is 5.18. The Labute approximate surface area is 120 Å². The summed E-state index contributed by atoms with van der Waals surface area (Å²) in [6.07, 6.45) is 3.70. The van der Waals surface area contributed by atoms with E-state index in [1.165, 1.54) is 26.7 Å². The van der Waals surface area contributed by atoms with E-state index in [9.17, 15) is 14.7 Å². The molecule has 2 aliphatic rings. The second-order valence-corrected chi connectivity index (χ2v) is 6.60. The number of thiophene rings is 1. The molecule has 0 aromatic carbocycles.